The van der Waals surface area contributed by atoms with Crippen molar-refractivity contribution in [2.75, 3.05) is 13.2 Å². The van der Waals surface area contributed by atoms with Crippen LogP contribution in [0.5, 0.6) is 5.75 Å². The summed E-state index contributed by atoms with van der Waals surface area (Å²) in [4.78, 5) is 0. The van der Waals surface area contributed by atoms with Crippen LogP contribution in [0.15, 0.2) is 30.4 Å². The van der Waals surface area contributed by atoms with E-state index in [2.05, 4.69) is 12.2 Å². The van der Waals surface area contributed by atoms with Gasteiger partial charge in [0.1, 0.15) is 12.7 Å². The summed E-state index contributed by atoms with van der Waals surface area (Å²) < 4.78 is 17.4. The zero-order valence-corrected chi connectivity index (χ0v) is 13.1. The van der Waals surface area contributed by atoms with Crippen LogP contribution in [0.3, 0.4) is 0 Å². The van der Waals surface area contributed by atoms with Crippen molar-refractivity contribution in [3.63, 3.8) is 0 Å². The normalized spacial score (nSPS) is 28.8. The zero-order valence-electron chi connectivity index (χ0n) is 11.6. The summed E-state index contributed by atoms with van der Waals surface area (Å²) in [5, 5.41) is 1.02. The molecule has 2 aliphatic rings. The number of hydrogen-bond acceptors (Lipinski definition) is 3. The monoisotopic (exact) mass is 328 g/mol. The van der Waals surface area contributed by atoms with Crippen LogP contribution in [0, 0.1) is 5.92 Å². The van der Waals surface area contributed by atoms with E-state index in [4.69, 9.17) is 37.4 Å². The Kier molecular flexibility index (Phi) is 5.07. The van der Waals surface area contributed by atoms with Gasteiger partial charge in [0.2, 0.25) is 0 Å². The largest absolute Gasteiger partial charge is 0.488 e. The first-order chi connectivity index (χ1) is 10.2. The van der Waals surface area contributed by atoms with Crippen LogP contribution in [0.2, 0.25) is 10.0 Å². The van der Waals surface area contributed by atoms with Gasteiger partial charge in [-0.3, -0.25) is 0 Å². The minimum Gasteiger partial charge on any atom is -0.488 e. The van der Waals surface area contributed by atoms with Gasteiger partial charge in [-0.15, -0.1) is 0 Å². The third-order valence-corrected chi connectivity index (χ3v) is 4.40. The highest BCUT2D eigenvalue weighted by Gasteiger charge is 2.33. The molecule has 0 radical (unpaired) electrons. The second kappa shape index (κ2) is 7.01. The van der Waals surface area contributed by atoms with Crippen LogP contribution in [0.1, 0.15) is 19.3 Å². The number of rotatable bonds is 4. The number of halogens is 2. The third-order valence-electron chi connectivity index (χ3n) is 3.80. The number of hydrogen-bond donors (Lipinski definition) is 0. The zero-order chi connectivity index (χ0) is 14.7. The molecule has 3 rings (SSSR count). The SMILES string of the molecule is Clc1cccc(Cl)c1OCC1COC(C2CC=CCC2)O1. The summed E-state index contributed by atoms with van der Waals surface area (Å²) in [5.74, 6) is 0.956. The molecule has 0 bridgehead atoms. The van der Waals surface area contributed by atoms with E-state index in [1.165, 1.54) is 0 Å². The smallest absolute Gasteiger partial charge is 0.161 e. The second-order valence-corrected chi connectivity index (χ2v) is 6.18. The topological polar surface area (TPSA) is 27.7 Å². The maximum atomic E-state index is 6.08. The molecule has 21 heavy (non-hydrogen) atoms. The fourth-order valence-electron chi connectivity index (χ4n) is 2.67. The Balaban J connectivity index is 1.52. The number of para-hydroxylation sites is 1. The van der Waals surface area contributed by atoms with Gasteiger partial charge in [0.05, 0.1) is 16.7 Å². The predicted octanol–water partition coefficient (Wildman–Crippen LogP) is 4.47. The van der Waals surface area contributed by atoms with E-state index in [0.29, 0.717) is 34.9 Å². The molecule has 1 aromatic rings. The highest BCUT2D eigenvalue weighted by Crippen LogP contribution is 2.33. The Morgan fingerprint density at radius 1 is 1.19 bits per heavy atom. The first kappa shape index (κ1) is 15.2. The van der Waals surface area contributed by atoms with Gasteiger partial charge in [-0.1, -0.05) is 41.4 Å². The van der Waals surface area contributed by atoms with Crippen LogP contribution >= 0.6 is 23.2 Å². The minimum absolute atomic E-state index is 0.0757. The molecule has 1 saturated heterocycles. The molecular weight excluding hydrogens is 311 g/mol. The van der Waals surface area contributed by atoms with Gasteiger partial charge < -0.3 is 14.2 Å². The van der Waals surface area contributed by atoms with Gasteiger partial charge in [-0.25, -0.2) is 0 Å². The maximum absolute atomic E-state index is 6.08. The fraction of sp³-hybridized carbons (Fsp3) is 0.500. The van der Waals surface area contributed by atoms with Gasteiger partial charge in [0.15, 0.2) is 12.0 Å². The van der Waals surface area contributed by atoms with Crippen molar-refractivity contribution < 1.29 is 14.2 Å². The Morgan fingerprint density at radius 3 is 2.71 bits per heavy atom. The molecule has 1 aliphatic heterocycles. The Labute approximate surface area is 134 Å². The Bertz CT molecular complexity index is 498. The van der Waals surface area contributed by atoms with Crippen molar-refractivity contribution >= 4 is 23.2 Å². The Hall–Kier alpha value is -0.740. The summed E-state index contributed by atoms with van der Waals surface area (Å²) in [7, 11) is 0. The average Bonchev–Trinajstić information content (AvgIpc) is 2.97. The minimum atomic E-state index is -0.120. The van der Waals surface area contributed by atoms with Crippen LogP contribution in [-0.4, -0.2) is 25.6 Å². The van der Waals surface area contributed by atoms with E-state index in [9.17, 15) is 0 Å². The lowest BCUT2D eigenvalue weighted by molar-refractivity contribution is -0.102. The number of allylic oxidation sites excluding steroid dienone is 2. The highest BCUT2D eigenvalue weighted by molar-refractivity contribution is 6.37. The standard InChI is InChI=1S/C16H18Cl2O3/c17-13-7-4-8-14(18)15(13)19-9-12-10-20-16(21-12)11-5-2-1-3-6-11/h1-2,4,7-8,11-12,16H,3,5-6,9-10H2. The molecular formula is C16H18Cl2O3. The number of benzene rings is 1. The first-order valence-electron chi connectivity index (χ1n) is 7.23. The van der Waals surface area contributed by atoms with E-state index in [-0.39, 0.29) is 12.4 Å². The molecule has 0 spiro atoms. The van der Waals surface area contributed by atoms with E-state index < -0.39 is 0 Å². The van der Waals surface area contributed by atoms with Crippen LogP contribution < -0.4 is 4.74 Å². The van der Waals surface area contributed by atoms with Crippen molar-refractivity contribution in [3.8, 4) is 5.75 Å². The first-order valence-corrected chi connectivity index (χ1v) is 7.98. The summed E-state index contributed by atoms with van der Waals surface area (Å²) >= 11 is 12.2. The maximum Gasteiger partial charge on any atom is 0.161 e. The van der Waals surface area contributed by atoms with Gasteiger partial charge in [-0.05, 0) is 31.4 Å². The van der Waals surface area contributed by atoms with Gasteiger partial charge in [0, 0.05) is 5.92 Å². The molecule has 3 nitrogen and oxygen atoms in total. The van der Waals surface area contributed by atoms with Gasteiger partial charge in [-0.2, -0.15) is 0 Å². The second-order valence-electron chi connectivity index (χ2n) is 5.37. The van der Waals surface area contributed by atoms with Crippen LogP contribution in [0.25, 0.3) is 0 Å². The predicted molar refractivity (Wildman–Crippen MR) is 83.1 cm³/mol. The molecule has 1 heterocycles. The summed E-state index contributed by atoms with van der Waals surface area (Å²) in [6.45, 7) is 0.940. The quantitative estimate of drug-likeness (QED) is 0.763. The van der Waals surface area contributed by atoms with Crippen molar-refractivity contribution in [1.29, 1.82) is 0 Å². The lowest BCUT2D eigenvalue weighted by Gasteiger charge is -2.23. The summed E-state index contributed by atoms with van der Waals surface area (Å²) in [6, 6.07) is 5.30. The van der Waals surface area contributed by atoms with Crippen molar-refractivity contribution in [2.24, 2.45) is 5.92 Å². The van der Waals surface area contributed by atoms with Crippen molar-refractivity contribution in [3.05, 3.63) is 40.4 Å². The lowest BCUT2D eigenvalue weighted by Crippen LogP contribution is -2.25. The molecule has 0 aromatic heterocycles. The molecule has 3 atom stereocenters. The van der Waals surface area contributed by atoms with E-state index in [0.717, 1.165) is 19.3 Å². The fourth-order valence-corrected chi connectivity index (χ4v) is 3.17. The molecule has 1 aliphatic carbocycles. The third kappa shape index (κ3) is 3.72. The highest BCUT2D eigenvalue weighted by atomic mass is 35.5. The molecule has 0 amide bonds. The van der Waals surface area contributed by atoms with Crippen LogP contribution in [0.4, 0.5) is 0 Å². The van der Waals surface area contributed by atoms with Crippen molar-refractivity contribution in [2.45, 2.75) is 31.7 Å². The lowest BCUT2D eigenvalue weighted by atomic mass is 9.94. The molecule has 3 unspecified atom stereocenters. The van der Waals surface area contributed by atoms with Crippen LogP contribution in [-0.2, 0) is 9.47 Å². The average molecular weight is 329 g/mol. The molecule has 114 valence electrons. The van der Waals surface area contributed by atoms with Crippen molar-refractivity contribution in [1.82, 2.24) is 0 Å². The Morgan fingerprint density at radius 2 is 2.00 bits per heavy atom. The van der Waals surface area contributed by atoms with Gasteiger partial charge >= 0.3 is 0 Å². The number of ether oxygens (including phenoxy) is 3. The molecule has 1 fully saturated rings. The van der Waals surface area contributed by atoms with E-state index >= 15 is 0 Å². The summed E-state index contributed by atoms with van der Waals surface area (Å²) in [5.41, 5.74) is 0. The summed E-state index contributed by atoms with van der Waals surface area (Å²) in [6.07, 6.45) is 7.46. The molecule has 5 heteroatoms. The molecule has 0 N–H and O–H groups in total. The molecule has 0 saturated carbocycles. The van der Waals surface area contributed by atoms with E-state index in [1.54, 1.807) is 18.2 Å². The van der Waals surface area contributed by atoms with E-state index in [1.807, 2.05) is 0 Å². The van der Waals surface area contributed by atoms with Gasteiger partial charge in [0.25, 0.3) is 0 Å². The molecule has 1 aromatic carbocycles.